The zero-order valence-electron chi connectivity index (χ0n) is 13.2. The van der Waals surface area contributed by atoms with Crippen LogP contribution in [0.3, 0.4) is 0 Å². The average molecular weight is 343 g/mol. The van der Waals surface area contributed by atoms with E-state index >= 15 is 0 Å². The Kier molecular flexibility index (Phi) is 6.53. The maximum atomic E-state index is 11.9. The number of nitrogens with two attached hydrogens (primary N) is 2. The lowest BCUT2D eigenvalue weighted by atomic mass is 9.94. The fourth-order valence-corrected chi connectivity index (χ4v) is 2.21. The molecular weight excluding hydrogens is 322 g/mol. The van der Waals surface area contributed by atoms with Crippen LogP contribution in [-0.4, -0.2) is 64.8 Å². The minimum Gasteiger partial charge on any atom is -0.478 e. The molecule has 134 valence electrons. The van der Waals surface area contributed by atoms with Gasteiger partial charge in [-0.3, -0.25) is 9.59 Å². The largest absolute Gasteiger partial charge is 0.478 e. The number of likely N-dealkylation sites (N-methyl/N-ethyl adjacent to an activating group) is 1. The Labute approximate surface area is 137 Å². The predicted octanol–water partition coefficient (Wildman–Crippen LogP) is -3.00. The summed E-state index contributed by atoms with van der Waals surface area (Å²) in [6, 6.07) is -2.09. The second-order valence-corrected chi connectivity index (χ2v) is 5.03. The van der Waals surface area contributed by atoms with E-state index in [0.29, 0.717) is 0 Å². The first kappa shape index (κ1) is 19.2. The van der Waals surface area contributed by atoms with Gasteiger partial charge in [0.15, 0.2) is 18.2 Å². The van der Waals surface area contributed by atoms with Gasteiger partial charge in [-0.2, -0.15) is 0 Å². The second kappa shape index (κ2) is 8.15. The number of amides is 2. The van der Waals surface area contributed by atoms with Gasteiger partial charge in [-0.1, -0.05) is 0 Å². The number of hydrogen-bond acceptors (Lipinski definition) is 6. The highest BCUT2D eigenvalue weighted by molar-refractivity contribution is 5.86. The molecule has 1 aliphatic rings. The van der Waals surface area contributed by atoms with Crippen molar-refractivity contribution < 1.29 is 29.3 Å². The first-order valence-corrected chi connectivity index (χ1v) is 7.10. The van der Waals surface area contributed by atoms with Crippen LogP contribution in [0.2, 0.25) is 0 Å². The topological polar surface area (TPSA) is 189 Å². The molecule has 0 aromatic carbocycles. The molecule has 1 heterocycles. The zero-order valence-corrected chi connectivity index (χ0v) is 13.2. The normalized spacial score (nSPS) is 24.0. The number of aliphatic hydroxyl groups excluding tert-OH is 1. The van der Waals surface area contributed by atoms with Crippen molar-refractivity contribution in [2.45, 2.75) is 38.1 Å². The predicted molar refractivity (Wildman–Crippen MR) is 82.5 cm³/mol. The molecule has 0 saturated heterocycles. The highest BCUT2D eigenvalue weighted by Gasteiger charge is 2.43. The third-order valence-corrected chi connectivity index (χ3v) is 3.12. The highest BCUT2D eigenvalue weighted by atomic mass is 16.5. The van der Waals surface area contributed by atoms with Crippen LogP contribution in [0, 0.1) is 0 Å². The van der Waals surface area contributed by atoms with E-state index in [9.17, 15) is 19.5 Å². The van der Waals surface area contributed by atoms with Crippen molar-refractivity contribution in [2.24, 2.45) is 16.5 Å². The molecule has 0 fully saturated rings. The third-order valence-electron chi connectivity index (χ3n) is 3.12. The molecule has 0 spiro atoms. The second-order valence-electron chi connectivity index (χ2n) is 5.03. The van der Waals surface area contributed by atoms with Gasteiger partial charge in [-0.25, -0.2) is 9.79 Å². The van der Waals surface area contributed by atoms with Crippen molar-refractivity contribution in [2.75, 3.05) is 6.54 Å². The van der Waals surface area contributed by atoms with E-state index in [1.807, 2.05) is 0 Å². The molecule has 11 nitrogen and oxygen atoms in total. The summed E-state index contributed by atoms with van der Waals surface area (Å²) in [6.45, 7) is 3.09. The summed E-state index contributed by atoms with van der Waals surface area (Å²) >= 11 is 0. The number of ether oxygens (including phenoxy) is 1. The molecule has 1 aliphatic heterocycles. The van der Waals surface area contributed by atoms with Crippen LogP contribution in [-0.2, 0) is 19.1 Å². The lowest BCUT2D eigenvalue weighted by molar-refractivity contribution is -0.148. The smallest absolute Gasteiger partial charge is 0.370 e. The molecule has 0 aromatic heterocycles. The summed E-state index contributed by atoms with van der Waals surface area (Å²) in [5.74, 6) is -3.61. The van der Waals surface area contributed by atoms with Gasteiger partial charge in [0.05, 0.1) is 12.1 Å². The molecule has 8 N–H and O–H groups in total. The number of carboxylic acids is 1. The van der Waals surface area contributed by atoms with Crippen LogP contribution in [0.5, 0.6) is 0 Å². The van der Waals surface area contributed by atoms with Crippen LogP contribution in [0.4, 0.5) is 0 Å². The Bertz CT molecular complexity index is 571. The number of carbonyl (C=O) groups is 3. The van der Waals surface area contributed by atoms with E-state index in [2.05, 4.69) is 15.6 Å². The number of nitrogens with zero attached hydrogens (tertiary/aromatic N) is 1. The van der Waals surface area contributed by atoms with Gasteiger partial charge in [-0.15, -0.1) is 0 Å². The van der Waals surface area contributed by atoms with Crippen LogP contribution in [0.25, 0.3) is 0 Å². The molecule has 1 rings (SSSR count). The van der Waals surface area contributed by atoms with Gasteiger partial charge >= 0.3 is 5.97 Å². The van der Waals surface area contributed by atoms with Gasteiger partial charge in [0.2, 0.25) is 11.7 Å². The van der Waals surface area contributed by atoms with Gasteiger partial charge < -0.3 is 37.1 Å². The lowest BCUT2D eigenvalue weighted by Crippen LogP contribution is -2.60. The molecule has 4 atom stereocenters. The first-order chi connectivity index (χ1) is 11.2. The number of hydrogen-bond donors (Lipinski definition) is 6. The van der Waals surface area contributed by atoms with E-state index in [-0.39, 0.29) is 12.5 Å². The van der Waals surface area contributed by atoms with Crippen LogP contribution >= 0.6 is 0 Å². The Hall–Kier alpha value is -2.82. The molecule has 0 aromatic rings. The summed E-state index contributed by atoms with van der Waals surface area (Å²) in [4.78, 5) is 38.3. The zero-order chi connectivity index (χ0) is 18.4. The van der Waals surface area contributed by atoms with Crippen molar-refractivity contribution in [1.29, 1.82) is 0 Å². The van der Waals surface area contributed by atoms with E-state index in [0.717, 1.165) is 6.08 Å². The average Bonchev–Trinajstić information content (AvgIpc) is 2.47. The summed E-state index contributed by atoms with van der Waals surface area (Å²) < 4.78 is 5.19. The van der Waals surface area contributed by atoms with Crippen LogP contribution < -0.4 is 22.1 Å². The summed E-state index contributed by atoms with van der Waals surface area (Å²) in [6.07, 6.45) is -2.06. The van der Waals surface area contributed by atoms with Crippen molar-refractivity contribution in [1.82, 2.24) is 10.6 Å². The molecule has 0 saturated carbocycles. The molecule has 24 heavy (non-hydrogen) atoms. The Balaban J connectivity index is 3.28. The third kappa shape index (κ3) is 4.84. The number of carboxylic acid groups (broad SMARTS) is 1. The molecule has 11 heteroatoms. The maximum Gasteiger partial charge on any atom is 0.370 e. The Morgan fingerprint density at radius 3 is 2.50 bits per heavy atom. The molecular formula is C13H21N5O6. The molecule has 0 radical (unpaired) electrons. The molecule has 0 bridgehead atoms. The molecule has 0 unspecified atom stereocenters. The fourth-order valence-electron chi connectivity index (χ4n) is 2.21. The SMILES string of the molecule is CCNC(=O)[C@@H](O)[C@@H]1OC(C(=O)O)=C[C@H](N=C(N)N)[C@H]1NC(C)=O. The first-order valence-electron chi connectivity index (χ1n) is 7.10. The number of guanidine groups is 1. The monoisotopic (exact) mass is 343 g/mol. The number of carbonyl (C=O) groups excluding carboxylic acids is 2. The van der Waals surface area contributed by atoms with Crippen LogP contribution in [0.15, 0.2) is 16.8 Å². The number of nitrogens with one attached hydrogen (secondary N) is 2. The van der Waals surface area contributed by atoms with Crippen molar-refractivity contribution in [3.05, 3.63) is 11.8 Å². The van der Waals surface area contributed by atoms with E-state index in [1.165, 1.54) is 6.92 Å². The van der Waals surface area contributed by atoms with E-state index < -0.39 is 47.8 Å². The van der Waals surface area contributed by atoms with E-state index in [1.54, 1.807) is 6.92 Å². The van der Waals surface area contributed by atoms with Crippen LogP contribution in [0.1, 0.15) is 13.8 Å². The van der Waals surface area contributed by atoms with Crippen molar-refractivity contribution >= 4 is 23.7 Å². The molecule has 0 aliphatic carbocycles. The highest BCUT2D eigenvalue weighted by Crippen LogP contribution is 2.23. The number of aliphatic imine (C=N–C) groups is 1. The number of aliphatic hydroxyl groups is 1. The number of aliphatic carboxylic acids is 1. The minimum absolute atomic E-state index is 0.242. The van der Waals surface area contributed by atoms with Crippen molar-refractivity contribution in [3.8, 4) is 0 Å². The lowest BCUT2D eigenvalue weighted by Gasteiger charge is -2.36. The van der Waals surface area contributed by atoms with Gasteiger partial charge in [0.1, 0.15) is 0 Å². The fraction of sp³-hybridized carbons (Fsp3) is 0.538. The van der Waals surface area contributed by atoms with Gasteiger partial charge in [0.25, 0.3) is 5.91 Å². The van der Waals surface area contributed by atoms with Crippen molar-refractivity contribution in [3.63, 3.8) is 0 Å². The molecule has 2 amide bonds. The standard InChI is InChI=1S/C13H21N5O6/c1-3-16-11(21)9(20)10-8(17-5(2)19)6(18-13(14)15)4-7(24-10)12(22)23/h4,6,8-10,20H,3H2,1-2H3,(H,16,21)(H,17,19)(H,22,23)(H4,14,15,18)/t6-,8+,9-,10+/m0/s1. The Morgan fingerprint density at radius 2 is 2.04 bits per heavy atom. The number of rotatable bonds is 6. The quantitative estimate of drug-likeness (QED) is 0.217. The van der Waals surface area contributed by atoms with E-state index in [4.69, 9.17) is 21.3 Å². The minimum atomic E-state index is -1.75. The maximum absolute atomic E-state index is 11.9. The summed E-state index contributed by atoms with van der Waals surface area (Å²) in [7, 11) is 0. The summed E-state index contributed by atoms with van der Waals surface area (Å²) in [5.41, 5.74) is 10.6. The van der Waals surface area contributed by atoms with Gasteiger partial charge in [-0.05, 0) is 13.0 Å². The Morgan fingerprint density at radius 1 is 1.42 bits per heavy atom. The van der Waals surface area contributed by atoms with Gasteiger partial charge in [0, 0.05) is 13.5 Å². The summed E-state index contributed by atoms with van der Waals surface area (Å²) in [5, 5.41) is 24.2.